The average molecular weight is 474 g/mol. The van der Waals surface area contributed by atoms with E-state index in [-0.39, 0.29) is 11.6 Å². The third-order valence-electron chi connectivity index (χ3n) is 5.42. The first-order chi connectivity index (χ1) is 17.4. The molecule has 0 aromatic heterocycles. The second-order valence-corrected chi connectivity index (χ2v) is 8.53. The number of hydrogen-bond acceptors (Lipinski definition) is 3. The minimum absolute atomic E-state index is 0.0253. The van der Waals surface area contributed by atoms with Gasteiger partial charge in [-0.25, -0.2) is 0 Å². The van der Waals surface area contributed by atoms with E-state index in [4.69, 9.17) is 0 Å². The summed E-state index contributed by atoms with van der Waals surface area (Å²) in [5.41, 5.74) is 5.84. The summed E-state index contributed by atoms with van der Waals surface area (Å²) in [7, 11) is 4.01. The van der Waals surface area contributed by atoms with Crippen LogP contribution in [0.3, 0.4) is 0 Å². The van der Waals surface area contributed by atoms with Gasteiger partial charge in [-0.15, -0.1) is 0 Å². The highest BCUT2D eigenvalue weighted by Gasteiger charge is 2.00. The first kappa shape index (κ1) is 26.1. The van der Waals surface area contributed by atoms with E-state index in [1.807, 2.05) is 141 Å². The van der Waals surface area contributed by atoms with Gasteiger partial charge in [0.2, 0.25) is 0 Å². The van der Waals surface area contributed by atoms with Gasteiger partial charge in [-0.05, 0) is 42.3 Å². The third kappa shape index (κ3) is 8.37. The molecule has 0 spiro atoms. The van der Waals surface area contributed by atoms with E-state index in [2.05, 4.69) is 6.07 Å². The lowest BCUT2D eigenvalue weighted by Gasteiger charge is -2.11. The molecule has 0 aliphatic carbocycles. The highest BCUT2D eigenvalue weighted by atomic mass is 16.1. The zero-order chi connectivity index (χ0) is 25.8. The van der Waals surface area contributed by atoms with Crippen LogP contribution in [0.15, 0.2) is 121 Å². The van der Waals surface area contributed by atoms with Gasteiger partial charge < -0.3 is 4.90 Å². The standard InChI is InChI=1S/C17H17NO.C16H14O/c1-18(2)16-11-8-14(9-12-16)10-13-17(19)15-6-4-3-5-7-15;1-13-6-5-7-14(12-13)10-11-16(17)15-8-3-2-4-9-15/h3-13H,1-2H3;2-12H,1H3/b13-10+;11-10+. The van der Waals surface area contributed by atoms with Crippen LogP contribution in [-0.4, -0.2) is 25.7 Å². The van der Waals surface area contributed by atoms with Crippen LogP contribution in [0, 0.1) is 6.92 Å². The van der Waals surface area contributed by atoms with E-state index < -0.39 is 0 Å². The third-order valence-corrected chi connectivity index (χ3v) is 5.42. The molecule has 4 rings (SSSR count). The summed E-state index contributed by atoms with van der Waals surface area (Å²) in [6.45, 7) is 2.04. The van der Waals surface area contributed by atoms with Crippen molar-refractivity contribution in [1.29, 1.82) is 0 Å². The number of aryl methyl sites for hydroxylation is 1. The zero-order valence-corrected chi connectivity index (χ0v) is 21.0. The molecule has 0 fully saturated rings. The van der Waals surface area contributed by atoms with Crippen molar-refractivity contribution < 1.29 is 9.59 Å². The van der Waals surface area contributed by atoms with Crippen molar-refractivity contribution in [3.05, 3.63) is 149 Å². The monoisotopic (exact) mass is 473 g/mol. The molecule has 36 heavy (non-hydrogen) atoms. The molecule has 0 radical (unpaired) electrons. The number of ketones is 2. The maximum Gasteiger partial charge on any atom is 0.185 e. The summed E-state index contributed by atoms with van der Waals surface area (Å²) in [5, 5.41) is 0. The van der Waals surface area contributed by atoms with Crippen molar-refractivity contribution in [3.63, 3.8) is 0 Å². The molecular weight excluding hydrogens is 442 g/mol. The fourth-order valence-corrected chi connectivity index (χ4v) is 3.40. The Morgan fingerprint density at radius 1 is 0.583 bits per heavy atom. The first-order valence-corrected chi connectivity index (χ1v) is 11.8. The van der Waals surface area contributed by atoms with Crippen LogP contribution < -0.4 is 4.90 Å². The number of benzene rings is 4. The van der Waals surface area contributed by atoms with Gasteiger partial charge in [0.15, 0.2) is 11.6 Å². The van der Waals surface area contributed by atoms with E-state index in [0.717, 1.165) is 22.4 Å². The molecule has 0 heterocycles. The van der Waals surface area contributed by atoms with Crippen molar-refractivity contribution in [1.82, 2.24) is 0 Å². The number of hydrogen-bond donors (Lipinski definition) is 0. The topological polar surface area (TPSA) is 37.4 Å². The first-order valence-electron chi connectivity index (χ1n) is 11.8. The van der Waals surface area contributed by atoms with E-state index in [9.17, 15) is 9.59 Å². The van der Waals surface area contributed by atoms with Crippen LogP contribution >= 0.6 is 0 Å². The van der Waals surface area contributed by atoms with Gasteiger partial charge in [0.1, 0.15) is 0 Å². The quantitative estimate of drug-likeness (QED) is 0.205. The molecule has 4 aromatic carbocycles. The Morgan fingerprint density at radius 3 is 1.56 bits per heavy atom. The minimum atomic E-state index is 0.0253. The SMILES string of the molecule is CN(C)c1ccc(/C=C/C(=O)c2ccccc2)cc1.Cc1cccc(/C=C/C(=O)c2ccccc2)c1. The Morgan fingerprint density at radius 2 is 1.08 bits per heavy atom. The predicted octanol–water partition coefficient (Wildman–Crippen LogP) is 7.54. The molecule has 3 heteroatoms. The van der Waals surface area contributed by atoms with Crippen LogP contribution in [0.25, 0.3) is 12.2 Å². The van der Waals surface area contributed by atoms with E-state index >= 15 is 0 Å². The fraction of sp³-hybridized carbons (Fsp3) is 0.0909. The number of carbonyl (C=O) groups is 2. The Hall–Kier alpha value is -4.50. The van der Waals surface area contributed by atoms with Gasteiger partial charge in [0.25, 0.3) is 0 Å². The molecule has 0 atom stereocenters. The Balaban J connectivity index is 0.000000202. The van der Waals surface area contributed by atoms with Crippen molar-refractivity contribution in [3.8, 4) is 0 Å². The highest BCUT2D eigenvalue weighted by Crippen LogP contribution is 2.14. The molecule has 0 bridgehead atoms. The van der Waals surface area contributed by atoms with Crippen LogP contribution in [0.2, 0.25) is 0 Å². The number of carbonyl (C=O) groups excluding carboxylic acids is 2. The largest absolute Gasteiger partial charge is 0.378 e. The molecule has 0 saturated heterocycles. The Bertz CT molecular complexity index is 1320. The second-order valence-electron chi connectivity index (χ2n) is 8.53. The Kier molecular flexibility index (Phi) is 9.72. The fourth-order valence-electron chi connectivity index (χ4n) is 3.40. The molecule has 0 N–H and O–H groups in total. The zero-order valence-electron chi connectivity index (χ0n) is 21.0. The summed E-state index contributed by atoms with van der Waals surface area (Å²) in [4.78, 5) is 25.8. The normalized spacial score (nSPS) is 10.6. The molecule has 0 aliphatic rings. The molecule has 4 aromatic rings. The van der Waals surface area contributed by atoms with Crippen LogP contribution in [0.4, 0.5) is 5.69 Å². The summed E-state index contributed by atoms with van der Waals surface area (Å²) >= 11 is 0. The lowest BCUT2D eigenvalue weighted by Crippen LogP contribution is -2.07. The molecular formula is C33H31NO2. The summed E-state index contributed by atoms with van der Waals surface area (Å²) in [5.74, 6) is 0.0596. The smallest absolute Gasteiger partial charge is 0.185 e. The number of nitrogens with zero attached hydrogens (tertiary/aromatic N) is 1. The van der Waals surface area contributed by atoms with E-state index in [1.54, 1.807) is 12.2 Å². The lowest BCUT2D eigenvalue weighted by atomic mass is 10.1. The molecule has 180 valence electrons. The van der Waals surface area contributed by atoms with Gasteiger partial charge in [0.05, 0.1) is 0 Å². The lowest BCUT2D eigenvalue weighted by molar-refractivity contribution is 0.103. The van der Waals surface area contributed by atoms with Crippen molar-refractivity contribution in [2.45, 2.75) is 6.92 Å². The molecule has 3 nitrogen and oxygen atoms in total. The number of anilines is 1. The molecule has 0 unspecified atom stereocenters. The minimum Gasteiger partial charge on any atom is -0.378 e. The van der Waals surface area contributed by atoms with E-state index in [1.165, 1.54) is 5.56 Å². The molecule has 0 amide bonds. The van der Waals surface area contributed by atoms with Gasteiger partial charge in [0, 0.05) is 30.9 Å². The average Bonchev–Trinajstić information content (AvgIpc) is 2.92. The van der Waals surface area contributed by atoms with Crippen molar-refractivity contribution in [2.24, 2.45) is 0 Å². The van der Waals surface area contributed by atoms with Gasteiger partial charge in [-0.1, -0.05) is 115 Å². The highest BCUT2D eigenvalue weighted by molar-refractivity contribution is 6.07. The molecule has 0 saturated carbocycles. The second kappa shape index (κ2) is 13.4. The summed E-state index contributed by atoms with van der Waals surface area (Å²) in [6, 6.07) is 34.7. The van der Waals surface area contributed by atoms with Crippen LogP contribution in [-0.2, 0) is 0 Å². The summed E-state index contributed by atoms with van der Waals surface area (Å²) < 4.78 is 0. The van der Waals surface area contributed by atoms with Gasteiger partial charge in [-0.2, -0.15) is 0 Å². The maximum atomic E-state index is 11.9. The van der Waals surface area contributed by atoms with Crippen LogP contribution in [0.5, 0.6) is 0 Å². The van der Waals surface area contributed by atoms with Crippen molar-refractivity contribution in [2.75, 3.05) is 19.0 Å². The van der Waals surface area contributed by atoms with Gasteiger partial charge >= 0.3 is 0 Å². The van der Waals surface area contributed by atoms with Gasteiger partial charge in [-0.3, -0.25) is 9.59 Å². The maximum absolute atomic E-state index is 11.9. The molecule has 0 aliphatic heterocycles. The Labute approximate surface area is 214 Å². The number of rotatable bonds is 7. The van der Waals surface area contributed by atoms with Crippen molar-refractivity contribution >= 4 is 29.4 Å². The van der Waals surface area contributed by atoms with Crippen LogP contribution in [0.1, 0.15) is 37.4 Å². The van der Waals surface area contributed by atoms with E-state index in [0.29, 0.717) is 5.56 Å². The summed E-state index contributed by atoms with van der Waals surface area (Å²) in [6.07, 6.45) is 6.92. The number of allylic oxidation sites excluding steroid dienone is 2. The predicted molar refractivity (Wildman–Crippen MR) is 152 cm³/mol.